The Hall–Kier alpha value is -3.08. The number of Topliss-reactive ketones (excluding diaryl/α,β-unsaturated/α-hetero) is 1. The average molecular weight is 337 g/mol. The second kappa shape index (κ2) is 7.66. The molecule has 0 bridgehead atoms. The minimum atomic E-state index is -0.467. The lowest BCUT2D eigenvalue weighted by Gasteiger charge is -2.25. The highest BCUT2D eigenvalue weighted by Crippen LogP contribution is 2.36. The fourth-order valence-electron chi connectivity index (χ4n) is 2.69. The molecule has 1 atom stereocenters. The largest absolute Gasteiger partial charge is 0.492 e. The van der Waals surface area contributed by atoms with Gasteiger partial charge in [0.05, 0.1) is 17.8 Å². The van der Waals surface area contributed by atoms with Gasteiger partial charge in [-0.05, 0) is 12.5 Å². The summed E-state index contributed by atoms with van der Waals surface area (Å²) in [6.45, 7) is 7.75. The molecular weight excluding hydrogens is 318 g/mol. The highest BCUT2D eigenvalue weighted by atomic mass is 16.7. The highest BCUT2D eigenvalue weighted by Gasteiger charge is 2.32. The summed E-state index contributed by atoms with van der Waals surface area (Å²) in [5.41, 5.74) is 1.21. The fourth-order valence-corrected chi connectivity index (χ4v) is 2.69. The van der Waals surface area contributed by atoms with Gasteiger partial charge >= 0.3 is 0 Å². The van der Waals surface area contributed by atoms with E-state index in [2.05, 4.69) is 18.1 Å². The van der Waals surface area contributed by atoms with Gasteiger partial charge in [0, 0.05) is 11.6 Å². The molecule has 0 amide bonds. The molecule has 1 unspecified atom stereocenters. The van der Waals surface area contributed by atoms with E-state index in [1.807, 2.05) is 24.3 Å². The number of ether oxygens (including phenoxy) is 3. The number of carbonyl (C=O) groups is 1. The molecule has 128 valence electrons. The molecule has 1 aromatic heterocycles. The third-order valence-corrected chi connectivity index (χ3v) is 3.96. The topological polar surface area (TPSA) is 57.6 Å². The normalized spacial score (nSPS) is 19.5. The van der Waals surface area contributed by atoms with E-state index in [0.717, 1.165) is 0 Å². The van der Waals surface area contributed by atoms with Gasteiger partial charge in [0.2, 0.25) is 6.79 Å². The maximum atomic E-state index is 12.9. The lowest BCUT2D eigenvalue weighted by atomic mass is 9.90. The van der Waals surface area contributed by atoms with Crippen LogP contribution >= 0.6 is 0 Å². The van der Waals surface area contributed by atoms with E-state index in [-0.39, 0.29) is 19.2 Å². The van der Waals surface area contributed by atoms with Crippen LogP contribution in [0, 0.1) is 0 Å². The van der Waals surface area contributed by atoms with E-state index in [9.17, 15) is 4.79 Å². The highest BCUT2D eigenvalue weighted by molar-refractivity contribution is 6.02. The Labute approximate surface area is 146 Å². The molecular formula is C20H19NO4. The molecule has 2 aliphatic heterocycles. The Bertz CT molecular complexity index is 789. The van der Waals surface area contributed by atoms with Crippen LogP contribution in [0.1, 0.15) is 18.0 Å². The van der Waals surface area contributed by atoms with E-state index in [0.29, 0.717) is 34.9 Å². The van der Waals surface area contributed by atoms with Gasteiger partial charge in [-0.3, -0.25) is 9.78 Å². The van der Waals surface area contributed by atoms with Crippen LogP contribution in [0.3, 0.4) is 0 Å². The van der Waals surface area contributed by atoms with Gasteiger partial charge < -0.3 is 14.2 Å². The predicted octanol–water partition coefficient (Wildman–Crippen LogP) is 3.62. The summed E-state index contributed by atoms with van der Waals surface area (Å²) in [5, 5.41) is 0. The summed E-state index contributed by atoms with van der Waals surface area (Å²) < 4.78 is 16.4. The Morgan fingerprint density at radius 3 is 2.80 bits per heavy atom. The maximum absolute atomic E-state index is 12.9. The van der Waals surface area contributed by atoms with E-state index in [1.165, 1.54) is 0 Å². The van der Waals surface area contributed by atoms with Gasteiger partial charge in [-0.15, -0.1) is 0 Å². The van der Waals surface area contributed by atoms with Crippen molar-refractivity contribution in [3.63, 3.8) is 0 Å². The van der Waals surface area contributed by atoms with E-state index >= 15 is 0 Å². The Morgan fingerprint density at radius 2 is 2.00 bits per heavy atom. The summed E-state index contributed by atoms with van der Waals surface area (Å²) in [5.74, 6) is 1.24. The van der Waals surface area contributed by atoms with Gasteiger partial charge in [0.1, 0.15) is 12.4 Å². The SMILES string of the molecule is C=C/C=C\C=C\CC1=C(C=C)OCC(c2cc3c(cn2)OCO3)C1=O. The number of pyridine rings is 1. The molecule has 0 fully saturated rings. The standard InChI is InChI=1S/C20H19NO4/c1-3-5-6-7-8-9-14-17(4-2)23-12-15(20(14)22)16-10-18-19(11-21-16)25-13-24-18/h3-8,10-11,15H,1-2,9,12-13H2/b6-5-,8-7+. The van der Waals surface area contributed by atoms with Crippen molar-refractivity contribution in [1.82, 2.24) is 4.98 Å². The minimum Gasteiger partial charge on any atom is -0.492 e. The number of allylic oxidation sites excluding steroid dienone is 7. The second-order valence-electron chi connectivity index (χ2n) is 5.49. The first kappa shape index (κ1) is 16.8. The van der Waals surface area contributed by atoms with Gasteiger partial charge in [0.25, 0.3) is 0 Å². The van der Waals surface area contributed by atoms with Crippen LogP contribution in [0.15, 0.2) is 73.2 Å². The summed E-state index contributed by atoms with van der Waals surface area (Å²) in [6.07, 6.45) is 12.7. The fraction of sp³-hybridized carbons (Fsp3) is 0.200. The van der Waals surface area contributed by atoms with Crippen molar-refractivity contribution in [2.75, 3.05) is 13.4 Å². The van der Waals surface area contributed by atoms with Crippen molar-refractivity contribution < 1.29 is 19.0 Å². The molecule has 25 heavy (non-hydrogen) atoms. The lowest BCUT2D eigenvalue weighted by Crippen LogP contribution is -2.26. The molecule has 3 rings (SSSR count). The molecule has 0 N–H and O–H groups in total. The number of carbonyl (C=O) groups excluding carboxylic acids is 1. The lowest BCUT2D eigenvalue weighted by molar-refractivity contribution is -0.119. The van der Waals surface area contributed by atoms with Crippen LogP contribution in [0.25, 0.3) is 0 Å². The number of aromatic nitrogens is 1. The molecule has 2 aliphatic rings. The Balaban J connectivity index is 1.82. The van der Waals surface area contributed by atoms with Crippen molar-refractivity contribution >= 4 is 5.78 Å². The molecule has 5 heteroatoms. The third kappa shape index (κ3) is 3.55. The van der Waals surface area contributed by atoms with Crippen LogP contribution in [-0.2, 0) is 9.53 Å². The molecule has 3 heterocycles. The average Bonchev–Trinajstić information content (AvgIpc) is 3.10. The number of nitrogens with zero attached hydrogens (tertiary/aromatic N) is 1. The summed E-state index contributed by atoms with van der Waals surface area (Å²) >= 11 is 0. The van der Waals surface area contributed by atoms with Crippen molar-refractivity contribution in [3.8, 4) is 11.5 Å². The summed E-state index contributed by atoms with van der Waals surface area (Å²) in [6, 6.07) is 1.74. The Morgan fingerprint density at radius 1 is 1.16 bits per heavy atom. The molecule has 0 spiro atoms. The zero-order valence-corrected chi connectivity index (χ0v) is 13.8. The third-order valence-electron chi connectivity index (χ3n) is 3.96. The number of fused-ring (bicyclic) bond motifs is 1. The molecule has 0 aromatic carbocycles. The number of ketones is 1. The van der Waals surface area contributed by atoms with Gasteiger partial charge in [-0.1, -0.05) is 43.5 Å². The zero-order valence-electron chi connectivity index (χ0n) is 13.8. The van der Waals surface area contributed by atoms with Gasteiger partial charge in [0.15, 0.2) is 17.3 Å². The van der Waals surface area contributed by atoms with Gasteiger partial charge in [-0.25, -0.2) is 0 Å². The van der Waals surface area contributed by atoms with E-state index < -0.39 is 5.92 Å². The number of hydrogen-bond donors (Lipinski definition) is 0. The summed E-state index contributed by atoms with van der Waals surface area (Å²) in [7, 11) is 0. The minimum absolute atomic E-state index is 0.00938. The molecule has 0 saturated heterocycles. The van der Waals surface area contributed by atoms with Crippen LogP contribution in [0.5, 0.6) is 11.5 Å². The molecule has 0 saturated carbocycles. The van der Waals surface area contributed by atoms with Crippen molar-refractivity contribution in [1.29, 1.82) is 0 Å². The first-order chi connectivity index (χ1) is 12.2. The van der Waals surface area contributed by atoms with E-state index in [4.69, 9.17) is 14.2 Å². The molecule has 1 aromatic rings. The maximum Gasteiger partial charge on any atom is 0.231 e. The van der Waals surface area contributed by atoms with Crippen molar-refractivity contribution in [3.05, 3.63) is 78.9 Å². The van der Waals surface area contributed by atoms with E-state index in [1.54, 1.807) is 24.4 Å². The number of rotatable bonds is 6. The van der Waals surface area contributed by atoms with Crippen molar-refractivity contribution in [2.24, 2.45) is 0 Å². The van der Waals surface area contributed by atoms with Crippen LogP contribution < -0.4 is 9.47 Å². The van der Waals surface area contributed by atoms with Crippen LogP contribution in [0.4, 0.5) is 0 Å². The Kier molecular flexibility index (Phi) is 5.14. The summed E-state index contributed by atoms with van der Waals surface area (Å²) in [4.78, 5) is 17.3. The molecule has 0 radical (unpaired) electrons. The van der Waals surface area contributed by atoms with Crippen molar-refractivity contribution in [2.45, 2.75) is 12.3 Å². The zero-order chi connectivity index (χ0) is 17.6. The quantitative estimate of drug-likeness (QED) is 0.742. The second-order valence-corrected chi connectivity index (χ2v) is 5.49. The number of hydrogen-bond acceptors (Lipinski definition) is 5. The first-order valence-corrected chi connectivity index (χ1v) is 7.97. The first-order valence-electron chi connectivity index (χ1n) is 7.97. The predicted molar refractivity (Wildman–Crippen MR) is 94.4 cm³/mol. The van der Waals surface area contributed by atoms with Crippen LogP contribution in [-0.4, -0.2) is 24.2 Å². The van der Waals surface area contributed by atoms with Gasteiger partial charge in [-0.2, -0.15) is 0 Å². The van der Waals surface area contributed by atoms with Crippen LogP contribution in [0.2, 0.25) is 0 Å². The molecule has 0 aliphatic carbocycles. The molecule has 5 nitrogen and oxygen atoms in total. The smallest absolute Gasteiger partial charge is 0.231 e. The monoisotopic (exact) mass is 337 g/mol.